The summed E-state index contributed by atoms with van der Waals surface area (Å²) in [6.07, 6.45) is 0.182. The number of aryl methyl sites for hydroxylation is 1. The highest BCUT2D eigenvalue weighted by molar-refractivity contribution is 5.93. The van der Waals surface area contributed by atoms with Crippen molar-refractivity contribution >= 4 is 11.6 Å². The highest BCUT2D eigenvalue weighted by Crippen LogP contribution is 2.18. The predicted octanol–water partition coefficient (Wildman–Crippen LogP) is 3.19. The first-order valence-corrected chi connectivity index (χ1v) is 6.14. The van der Waals surface area contributed by atoms with Gasteiger partial charge in [-0.1, -0.05) is 35.9 Å². The standard InChI is InChI=1S/C16H13FN2O/c1-11-5-7-12(8-6-11)9-16(20)19-15-4-2-3-14(17)13(15)10-18/h2-8H,9H2,1H3,(H,19,20). The third-order valence-corrected chi connectivity index (χ3v) is 2.88. The fourth-order valence-electron chi connectivity index (χ4n) is 1.83. The minimum atomic E-state index is -0.638. The summed E-state index contributed by atoms with van der Waals surface area (Å²) in [5.74, 6) is -0.920. The van der Waals surface area contributed by atoms with Gasteiger partial charge >= 0.3 is 0 Å². The van der Waals surface area contributed by atoms with Crippen molar-refractivity contribution in [2.45, 2.75) is 13.3 Å². The molecule has 2 aromatic rings. The molecule has 0 bridgehead atoms. The number of carbonyl (C=O) groups excluding carboxylic acids is 1. The lowest BCUT2D eigenvalue weighted by atomic mass is 10.1. The molecule has 0 aliphatic carbocycles. The third-order valence-electron chi connectivity index (χ3n) is 2.88. The molecule has 1 amide bonds. The van der Waals surface area contributed by atoms with Crippen LogP contribution in [-0.2, 0) is 11.2 Å². The molecule has 3 nitrogen and oxygen atoms in total. The van der Waals surface area contributed by atoms with Crippen molar-refractivity contribution in [1.29, 1.82) is 5.26 Å². The minimum Gasteiger partial charge on any atom is -0.325 e. The van der Waals surface area contributed by atoms with Gasteiger partial charge < -0.3 is 5.32 Å². The first-order valence-electron chi connectivity index (χ1n) is 6.14. The van der Waals surface area contributed by atoms with Gasteiger partial charge in [0.15, 0.2) is 0 Å². The summed E-state index contributed by atoms with van der Waals surface area (Å²) in [7, 11) is 0. The van der Waals surface area contributed by atoms with Gasteiger partial charge in [0.2, 0.25) is 5.91 Å². The quantitative estimate of drug-likeness (QED) is 0.929. The van der Waals surface area contributed by atoms with Gasteiger partial charge in [-0.25, -0.2) is 4.39 Å². The molecule has 20 heavy (non-hydrogen) atoms. The van der Waals surface area contributed by atoms with Crippen LogP contribution in [0, 0.1) is 24.1 Å². The Labute approximate surface area is 116 Å². The lowest BCUT2D eigenvalue weighted by molar-refractivity contribution is -0.115. The largest absolute Gasteiger partial charge is 0.325 e. The number of carbonyl (C=O) groups is 1. The molecule has 0 fully saturated rings. The van der Waals surface area contributed by atoms with Crippen LogP contribution in [0.5, 0.6) is 0 Å². The van der Waals surface area contributed by atoms with Crippen LogP contribution in [0.3, 0.4) is 0 Å². The molecule has 0 aliphatic heterocycles. The summed E-state index contributed by atoms with van der Waals surface area (Å²) in [5.41, 5.74) is 2.03. The molecular weight excluding hydrogens is 255 g/mol. The van der Waals surface area contributed by atoms with Gasteiger partial charge in [0.1, 0.15) is 17.4 Å². The van der Waals surface area contributed by atoms with E-state index < -0.39 is 5.82 Å². The minimum absolute atomic E-state index is 0.148. The van der Waals surface area contributed by atoms with E-state index in [1.54, 1.807) is 6.07 Å². The number of nitriles is 1. The molecule has 0 heterocycles. The van der Waals surface area contributed by atoms with Crippen LogP contribution >= 0.6 is 0 Å². The molecule has 4 heteroatoms. The van der Waals surface area contributed by atoms with Gasteiger partial charge in [0.25, 0.3) is 0 Å². The maximum Gasteiger partial charge on any atom is 0.228 e. The van der Waals surface area contributed by atoms with Crippen molar-refractivity contribution in [3.05, 3.63) is 65.0 Å². The van der Waals surface area contributed by atoms with Gasteiger partial charge in [-0.3, -0.25) is 4.79 Å². The molecule has 0 atom stereocenters. The number of hydrogen-bond donors (Lipinski definition) is 1. The number of rotatable bonds is 3. The van der Waals surface area contributed by atoms with Crippen molar-refractivity contribution in [2.24, 2.45) is 0 Å². The first kappa shape index (κ1) is 13.8. The van der Waals surface area contributed by atoms with Crippen LogP contribution in [0.25, 0.3) is 0 Å². The molecule has 0 radical (unpaired) electrons. The summed E-state index contributed by atoms with van der Waals surface area (Å²) in [4.78, 5) is 11.9. The van der Waals surface area contributed by atoms with E-state index in [1.807, 2.05) is 31.2 Å². The highest BCUT2D eigenvalue weighted by atomic mass is 19.1. The van der Waals surface area contributed by atoms with E-state index in [-0.39, 0.29) is 23.6 Å². The topological polar surface area (TPSA) is 52.9 Å². The fourth-order valence-corrected chi connectivity index (χ4v) is 1.83. The van der Waals surface area contributed by atoms with Crippen molar-refractivity contribution in [2.75, 3.05) is 5.32 Å². The van der Waals surface area contributed by atoms with Crippen molar-refractivity contribution in [1.82, 2.24) is 0 Å². The molecular formula is C16H13FN2O. The van der Waals surface area contributed by atoms with Crippen LogP contribution in [0.15, 0.2) is 42.5 Å². The second-order valence-corrected chi connectivity index (χ2v) is 4.48. The summed E-state index contributed by atoms with van der Waals surface area (Å²) >= 11 is 0. The second-order valence-electron chi connectivity index (χ2n) is 4.48. The highest BCUT2D eigenvalue weighted by Gasteiger charge is 2.11. The average Bonchev–Trinajstić information content (AvgIpc) is 2.42. The van der Waals surface area contributed by atoms with E-state index in [4.69, 9.17) is 5.26 Å². The maximum atomic E-state index is 13.4. The zero-order chi connectivity index (χ0) is 14.5. The number of hydrogen-bond acceptors (Lipinski definition) is 2. The lowest BCUT2D eigenvalue weighted by Crippen LogP contribution is -2.15. The number of halogens is 1. The second kappa shape index (κ2) is 5.98. The summed E-state index contributed by atoms with van der Waals surface area (Å²) in [6.45, 7) is 1.97. The number of nitrogens with zero attached hydrogens (tertiary/aromatic N) is 1. The van der Waals surface area contributed by atoms with E-state index in [0.717, 1.165) is 11.1 Å². The van der Waals surface area contributed by atoms with E-state index in [1.165, 1.54) is 18.2 Å². The number of benzene rings is 2. The Hall–Kier alpha value is -2.67. The van der Waals surface area contributed by atoms with Crippen LogP contribution in [0.4, 0.5) is 10.1 Å². The number of nitrogens with one attached hydrogen (secondary N) is 1. The number of amides is 1. The fraction of sp³-hybridized carbons (Fsp3) is 0.125. The third kappa shape index (κ3) is 3.21. The van der Waals surface area contributed by atoms with E-state index in [0.29, 0.717) is 0 Å². The SMILES string of the molecule is Cc1ccc(CC(=O)Nc2cccc(F)c2C#N)cc1. The Morgan fingerprint density at radius 3 is 2.60 bits per heavy atom. The lowest BCUT2D eigenvalue weighted by Gasteiger charge is -2.07. The predicted molar refractivity (Wildman–Crippen MR) is 74.6 cm³/mol. The zero-order valence-electron chi connectivity index (χ0n) is 11.0. The van der Waals surface area contributed by atoms with Crippen LogP contribution in [0.2, 0.25) is 0 Å². The summed E-state index contributed by atoms with van der Waals surface area (Å²) in [5, 5.41) is 11.5. The van der Waals surface area contributed by atoms with Gasteiger partial charge in [-0.15, -0.1) is 0 Å². The Balaban J connectivity index is 2.11. The van der Waals surface area contributed by atoms with Crippen molar-refractivity contribution < 1.29 is 9.18 Å². The van der Waals surface area contributed by atoms with Gasteiger partial charge in [0.05, 0.1) is 12.1 Å². The van der Waals surface area contributed by atoms with Crippen LogP contribution in [-0.4, -0.2) is 5.91 Å². The van der Waals surface area contributed by atoms with Gasteiger partial charge in [0, 0.05) is 0 Å². The smallest absolute Gasteiger partial charge is 0.228 e. The van der Waals surface area contributed by atoms with Crippen molar-refractivity contribution in [3.8, 4) is 6.07 Å². The molecule has 0 saturated heterocycles. The first-order chi connectivity index (χ1) is 9.60. The summed E-state index contributed by atoms with van der Waals surface area (Å²) < 4.78 is 13.4. The van der Waals surface area contributed by atoms with E-state index in [9.17, 15) is 9.18 Å². The molecule has 0 spiro atoms. The maximum absolute atomic E-state index is 13.4. The molecule has 0 aliphatic rings. The Kier molecular flexibility index (Phi) is 4.11. The normalized spacial score (nSPS) is 9.85. The number of anilines is 1. The molecule has 100 valence electrons. The van der Waals surface area contributed by atoms with Crippen molar-refractivity contribution in [3.63, 3.8) is 0 Å². The van der Waals surface area contributed by atoms with E-state index in [2.05, 4.69) is 5.32 Å². The van der Waals surface area contributed by atoms with Gasteiger partial charge in [-0.2, -0.15) is 5.26 Å². The van der Waals surface area contributed by atoms with Crippen LogP contribution in [0.1, 0.15) is 16.7 Å². The Bertz CT molecular complexity index is 672. The van der Waals surface area contributed by atoms with Gasteiger partial charge in [-0.05, 0) is 24.6 Å². The summed E-state index contributed by atoms with van der Waals surface area (Å²) in [6, 6.07) is 13.5. The molecule has 2 rings (SSSR count). The Morgan fingerprint density at radius 1 is 1.25 bits per heavy atom. The molecule has 2 aromatic carbocycles. The zero-order valence-corrected chi connectivity index (χ0v) is 11.0. The Morgan fingerprint density at radius 2 is 1.95 bits per heavy atom. The molecule has 0 unspecified atom stereocenters. The van der Waals surface area contributed by atoms with Crippen LogP contribution < -0.4 is 5.32 Å². The molecule has 0 aromatic heterocycles. The average molecular weight is 268 g/mol. The monoisotopic (exact) mass is 268 g/mol. The van der Waals surface area contributed by atoms with E-state index >= 15 is 0 Å². The molecule has 0 saturated carbocycles. The molecule has 1 N–H and O–H groups in total.